The zero-order chi connectivity index (χ0) is 16.3. The van der Waals surface area contributed by atoms with Gasteiger partial charge in [-0.1, -0.05) is 0 Å². The van der Waals surface area contributed by atoms with Gasteiger partial charge in [-0.2, -0.15) is 0 Å². The molecule has 0 aliphatic carbocycles. The van der Waals surface area contributed by atoms with Crippen molar-refractivity contribution >= 4 is 27.4 Å². The predicted octanol–water partition coefficient (Wildman–Crippen LogP) is 3.29. The van der Waals surface area contributed by atoms with E-state index in [1.165, 1.54) is 14.2 Å². The maximum absolute atomic E-state index is 12.6. The van der Waals surface area contributed by atoms with Crippen molar-refractivity contribution in [3.63, 3.8) is 0 Å². The minimum atomic E-state index is -0.207. The Balaban J connectivity index is 2.48. The minimum Gasteiger partial charge on any atom is -0.497 e. The number of rotatable bonds is 5. The molecule has 2 N–H and O–H groups in total. The van der Waals surface area contributed by atoms with Crippen molar-refractivity contribution in [3.8, 4) is 17.2 Å². The fourth-order valence-electron chi connectivity index (χ4n) is 2.08. The first-order valence-corrected chi connectivity index (χ1v) is 7.20. The second kappa shape index (κ2) is 6.70. The summed E-state index contributed by atoms with van der Waals surface area (Å²) in [6.45, 7) is 0. The number of benzene rings is 2. The van der Waals surface area contributed by atoms with E-state index in [0.717, 1.165) is 0 Å². The number of methoxy groups -OCH3 is 3. The molecule has 5 nitrogen and oxygen atoms in total. The van der Waals surface area contributed by atoms with Gasteiger partial charge in [-0.15, -0.1) is 0 Å². The number of halogens is 1. The van der Waals surface area contributed by atoms with E-state index in [0.29, 0.717) is 38.5 Å². The molecule has 2 rings (SSSR count). The number of anilines is 1. The highest BCUT2D eigenvalue weighted by molar-refractivity contribution is 9.10. The molecule has 0 unspecified atom stereocenters. The minimum absolute atomic E-state index is 0.207. The van der Waals surface area contributed by atoms with Gasteiger partial charge in [0.25, 0.3) is 0 Å². The average Bonchev–Trinajstić information content (AvgIpc) is 2.53. The molecule has 0 fully saturated rings. The number of hydrogen-bond donors (Lipinski definition) is 1. The number of ketones is 1. The fraction of sp³-hybridized carbons (Fsp3) is 0.188. The van der Waals surface area contributed by atoms with E-state index in [4.69, 9.17) is 19.9 Å². The zero-order valence-electron chi connectivity index (χ0n) is 12.5. The van der Waals surface area contributed by atoms with Crippen molar-refractivity contribution in [3.05, 3.63) is 45.9 Å². The lowest BCUT2D eigenvalue weighted by Crippen LogP contribution is -2.06. The number of carbonyl (C=O) groups is 1. The van der Waals surface area contributed by atoms with E-state index in [-0.39, 0.29) is 5.78 Å². The highest BCUT2D eigenvalue weighted by atomic mass is 79.9. The summed E-state index contributed by atoms with van der Waals surface area (Å²) < 4.78 is 16.2. The van der Waals surface area contributed by atoms with Crippen LogP contribution in [0.1, 0.15) is 15.9 Å². The Bertz CT molecular complexity index is 716. The van der Waals surface area contributed by atoms with E-state index < -0.39 is 0 Å². The summed E-state index contributed by atoms with van der Waals surface area (Å²) in [7, 11) is 4.59. The van der Waals surface area contributed by atoms with Crippen LogP contribution in [0.3, 0.4) is 0 Å². The van der Waals surface area contributed by atoms with Crippen LogP contribution in [0.4, 0.5) is 5.69 Å². The topological polar surface area (TPSA) is 70.8 Å². The van der Waals surface area contributed by atoms with Gasteiger partial charge in [-0.25, -0.2) is 0 Å². The Morgan fingerprint density at radius 2 is 1.77 bits per heavy atom. The molecule has 0 heterocycles. The Morgan fingerprint density at radius 1 is 1.05 bits per heavy atom. The van der Waals surface area contributed by atoms with Crippen molar-refractivity contribution < 1.29 is 19.0 Å². The SMILES string of the molecule is COc1ccc(C(=O)c2cc(Br)c(OC)c(OC)c2)c(N)c1. The standard InChI is InChI=1S/C16H16BrNO4/c1-20-10-4-5-11(13(18)8-10)15(19)9-6-12(17)16(22-3)14(7-9)21-2/h4-8H,18H2,1-3H3. The molecular formula is C16H16BrNO4. The summed E-state index contributed by atoms with van der Waals surface area (Å²) in [5.41, 5.74) is 7.14. The fourth-order valence-corrected chi connectivity index (χ4v) is 2.68. The number of ether oxygens (including phenoxy) is 3. The molecule has 6 heteroatoms. The van der Waals surface area contributed by atoms with Gasteiger partial charge < -0.3 is 19.9 Å². The number of carbonyl (C=O) groups excluding carboxylic acids is 1. The van der Waals surface area contributed by atoms with Crippen molar-refractivity contribution in [2.45, 2.75) is 0 Å². The summed E-state index contributed by atoms with van der Waals surface area (Å²) >= 11 is 3.37. The van der Waals surface area contributed by atoms with Gasteiger partial charge >= 0.3 is 0 Å². The molecule has 0 atom stereocenters. The van der Waals surface area contributed by atoms with E-state index in [1.54, 1.807) is 37.4 Å². The molecular weight excluding hydrogens is 350 g/mol. The first-order chi connectivity index (χ1) is 10.5. The third-order valence-electron chi connectivity index (χ3n) is 3.20. The van der Waals surface area contributed by atoms with Gasteiger partial charge in [0.2, 0.25) is 0 Å². The lowest BCUT2D eigenvalue weighted by Gasteiger charge is -2.12. The average molecular weight is 366 g/mol. The number of nitrogen functional groups attached to an aromatic ring is 1. The molecule has 0 aliphatic heterocycles. The van der Waals surface area contributed by atoms with Crippen LogP contribution >= 0.6 is 15.9 Å². The Hall–Kier alpha value is -2.21. The second-order valence-corrected chi connectivity index (χ2v) is 5.33. The van der Waals surface area contributed by atoms with Crippen LogP contribution in [-0.2, 0) is 0 Å². The second-order valence-electron chi connectivity index (χ2n) is 4.48. The van der Waals surface area contributed by atoms with Crippen LogP contribution in [-0.4, -0.2) is 27.1 Å². The maximum Gasteiger partial charge on any atom is 0.195 e. The molecule has 0 radical (unpaired) electrons. The van der Waals surface area contributed by atoms with Gasteiger partial charge in [-0.3, -0.25) is 4.79 Å². The first kappa shape index (κ1) is 16.2. The lowest BCUT2D eigenvalue weighted by molar-refractivity contribution is 0.103. The molecule has 0 saturated carbocycles. The van der Waals surface area contributed by atoms with E-state index in [9.17, 15) is 4.79 Å². The molecule has 116 valence electrons. The zero-order valence-corrected chi connectivity index (χ0v) is 14.1. The molecule has 0 bridgehead atoms. The maximum atomic E-state index is 12.6. The molecule has 0 spiro atoms. The van der Waals surface area contributed by atoms with Crippen LogP contribution < -0.4 is 19.9 Å². The monoisotopic (exact) mass is 365 g/mol. The number of nitrogens with two attached hydrogens (primary N) is 1. The van der Waals surface area contributed by atoms with Crippen LogP contribution in [0.5, 0.6) is 17.2 Å². The van der Waals surface area contributed by atoms with E-state index >= 15 is 0 Å². The summed E-state index contributed by atoms with van der Waals surface area (Å²) in [6.07, 6.45) is 0. The van der Waals surface area contributed by atoms with Gasteiger partial charge in [0.05, 0.1) is 25.8 Å². The smallest absolute Gasteiger partial charge is 0.195 e. The first-order valence-electron chi connectivity index (χ1n) is 6.41. The Labute approximate surface area is 137 Å². The van der Waals surface area contributed by atoms with Gasteiger partial charge in [0.15, 0.2) is 17.3 Å². The Morgan fingerprint density at radius 3 is 2.32 bits per heavy atom. The van der Waals surface area contributed by atoms with Crippen LogP contribution in [0, 0.1) is 0 Å². The number of hydrogen-bond acceptors (Lipinski definition) is 5. The molecule has 0 saturated heterocycles. The van der Waals surface area contributed by atoms with Crippen molar-refractivity contribution in [2.24, 2.45) is 0 Å². The van der Waals surface area contributed by atoms with Crippen LogP contribution in [0.25, 0.3) is 0 Å². The Kier molecular flexibility index (Phi) is 4.92. The largest absolute Gasteiger partial charge is 0.497 e. The molecule has 2 aromatic rings. The molecule has 22 heavy (non-hydrogen) atoms. The predicted molar refractivity (Wildman–Crippen MR) is 88.1 cm³/mol. The van der Waals surface area contributed by atoms with Gasteiger partial charge in [0, 0.05) is 22.9 Å². The lowest BCUT2D eigenvalue weighted by atomic mass is 10.0. The summed E-state index contributed by atoms with van der Waals surface area (Å²) in [5.74, 6) is 1.39. The van der Waals surface area contributed by atoms with Crippen LogP contribution in [0.2, 0.25) is 0 Å². The van der Waals surface area contributed by atoms with Crippen molar-refractivity contribution in [1.82, 2.24) is 0 Å². The van der Waals surface area contributed by atoms with Crippen molar-refractivity contribution in [1.29, 1.82) is 0 Å². The van der Waals surface area contributed by atoms with E-state index in [1.807, 2.05) is 0 Å². The molecule has 0 amide bonds. The van der Waals surface area contributed by atoms with Gasteiger partial charge in [-0.05, 0) is 40.2 Å². The summed E-state index contributed by atoms with van der Waals surface area (Å²) in [4.78, 5) is 12.6. The highest BCUT2D eigenvalue weighted by Gasteiger charge is 2.18. The summed E-state index contributed by atoms with van der Waals surface area (Å²) in [6, 6.07) is 8.24. The van der Waals surface area contributed by atoms with E-state index in [2.05, 4.69) is 15.9 Å². The highest BCUT2D eigenvalue weighted by Crippen LogP contribution is 2.37. The summed E-state index contributed by atoms with van der Waals surface area (Å²) in [5, 5.41) is 0. The molecule has 0 aromatic heterocycles. The van der Waals surface area contributed by atoms with Crippen LogP contribution in [0.15, 0.2) is 34.8 Å². The third kappa shape index (κ3) is 3.01. The third-order valence-corrected chi connectivity index (χ3v) is 3.79. The van der Waals surface area contributed by atoms with Crippen molar-refractivity contribution in [2.75, 3.05) is 27.1 Å². The molecule has 0 aliphatic rings. The molecule has 2 aromatic carbocycles. The quantitative estimate of drug-likeness (QED) is 0.650. The van der Waals surface area contributed by atoms with Gasteiger partial charge in [0.1, 0.15) is 5.75 Å². The normalized spacial score (nSPS) is 10.2.